The topological polar surface area (TPSA) is 565 Å². The molecule has 1 aliphatic heterocycles. The zero-order valence-corrected chi connectivity index (χ0v) is 51.1. The summed E-state index contributed by atoms with van der Waals surface area (Å²) in [5.74, 6) is -9.94. The number of rotatable bonds is 38. The van der Waals surface area contributed by atoms with E-state index in [1.54, 1.807) is 42.5 Å². The highest BCUT2D eigenvalue weighted by molar-refractivity contribution is 7.80. The van der Waals surface area contributed by atoms with Gasteiger partial charge in [0.05, 0.1) is 19.1 Å². The van der Waals surface area contributed by atoms with Crippen LogP contribution in [-0.4, -0.2) is 198 Å². The third kappa shape index (κ3) is 27.6. The molecule has 33 nitrogen and oxygen atoms in total. The molecular formula is C54H85N21O12S2. The summed E-state index contributed by atoms with van der Waals surface area (Å²) in [5.41, 5.74) is 45.7. The van der Waals surface area contributed by atoms with Crippen LogP contribution in [-0.2, 0) is 65.6 Å². The van der Waals surface area contributed by atoms with Gasteiger partial charge in [0, 0.05) is 44.1 Å². The van der Waals surface area contributed by atoms with E-state index in [4.69, 9.17) is 45.9 Å². The first-order valence-corrected chi connectivity index (χ1v) is 29.7. The van der Waals surface area contributed by atoms with Crippen LogP contribution in [0, 0.1) is 0 Å². The molecule has 0 aromatic heterocycles. The molecule has 35 heteroatoms. The molecule has 89 heavy (non-hydrogen) atoms. The Hall–Kier alpha value is -9.12. The number of aromatic hydroxyl groups is 1. The number of benzene rings is 2. The van der Waals surface area contributed by atoms with Crippen LogP contribution < -0.4 is 93.7 Å². The highest BCUT2D eigenvalue weighted by Crippen LogP contribution is 2.21. The lowest BCUT2D eigenvalue weighted by Crippen LogP contribution is -2.60. The van der Waals surface area contributed by atoms with E-state index < -0.39 is 132 Å². The molecule has 0 radical (unpaired) electrons. The smallest absolute Gasteiger partial charge is 0.245 e. The Labute approximate surface area is 525 Å². The monoisotopic (exact) mass is 1280 g/mol. The number of nitrogens with one attached hydrogen (secondary N) is 9. The van der Waals surface area contributed by atoms with Gasteiger partial charge in [-0.05, 0) is 88.0 Å². The van der Waals surface area contributed by atoms with Crippen molar-refractivity contribution in [2.75, 3.05) is 50.8 Å². The number of phenols is 1. The second-order valence-electron chi connectivity index (χ2n) is 20.6. The minimum Gasteiger partial charge on any atom is -0.508 e. The number of guanidine groups is 3. The lowest BCUT2D eigenvalue weighted by Gasteiger charge is -2.30. The van der Waals surface area contributed by atoms with Gasteiger partial charge >= 0.3 is 0 Å². The molecule has 2 aromatic rings. The first-order valence-electron chi connectivity index (χ1n) is 28.4. The molecule has 2 aromatic carbocycles. The summed E-state index contributed by atoms with van der Waals surface area (Å²) in [6.07, 6.45) is 0.733. The zero-order valence-electron chi connectivity index (χ0n) is 49.4. The highest BCUT2D eigenvalue weighted by atomic mass is 32.1. The Bertz CT molecular complexity index is 2820. The van der Waals surface area contributed by atoms with Gasteiger partial charge in [-0.2, -0.15) is 25.3 Å². The zero-order chi connectivity index (χ0) is 66.2. The summed E-state index contributed by atoms with van der Waals surface area (Å²) in [6.45, 7) is 0.324. The SMILES string of the molecule is C[C@@H](NC(=O)[C@H](CCCN=C(N)N)NC(=O)[C@H](CCCN=C(N)N)NC(=O)[C@H](CS)NC(=O)[C@H](Cc1ccccc1)NC(=O)CNC(=O)CNC(=O)[C@@H](N)Cc1ccc(O)cc1)C(=O)N[C@@H](CCCN=C(N)N)C(=O)N1CCC[C@H]1C(=O)N[C@@H](CS)C(N)=O. The van der Waals surface area contributed by atoms with E-state index in [9.17, 15) is 57.8 Å². The maximum Gasteiger partial charge on any atom is 0.245 e. The van der Waals surface area contributed by atoms with Crippen LogP contribution in [0.25, 0.3) is 0 Å². The summed E-state index contributed by atoms with van der Waals surface area (Å²) in [7, 11) is 0. The van der Waals surface area contributed by atoms with Crippen LogP contribution in [0.3, 0.4) is 0 Å². The molecule has 1 saturated heterocycles. The fourth-order valence-electron chi connectivity index (χ4n) is 8.79. The number of aliphatic imine (C=N–C) groups is 3. The van der Waals surface area contributed by atoms with Gasteiger partial charge in [-0.25, -0.2) is 0 Å². The molecule has 0 aliphatic carbocycles. The maximum atomic E-state index is 14.4. The second kappa shape index (κ2) is 38.9. The average Bonchev–Trinajstić information content (AvgIpc) is 3.93. The van der Waals surface area contributed by atoms with Gasteiger partial charge in [0.25, 0.3) is 0 Å². The van der Waals surface area contributed by atoms with Gasteiger partial charge in [-0.1, -0.05) is 42.5 Å². The third-order valence-corrected chi connectivity index (χ3v) is 14.2. The molecule has 9 atom stereocenters. The van der Waals surface area contributed by atoms with Gasteiger partial charge in [-0.3, -0.25) is 67.7 Å². The lowest BCUT2D eigenvalue weighted by molar-refractivity contribution is -0.142. The van der Waals surface area contributed by atoms with E-state index in [1.165, 1.54) is 24.0 Å². The van der Waals surface area contributed by atoms with Crippen LogP contribution in [0.4, 0.5) is 0 Å². The van der Waals surface area contributed by atoms with E-state index in [1.807, 2.05) is 0 Å². The molecule has 1 heterocycles. The fraction of sp³-hybridized carbons (Fsp3) is 0.519. The predicted octanol–water partition coefficient (Wildman–Crippen LogP) is -7.35. The van der Waals surface area contributed by atoms with Crippen molar-refractivity contribution in [3.8, 4) is 5.75 Å². The van der Waals surface area contributed by atoms with Crippen molar-refractivity contribution >= 4 is 108 Å². The summed E-state index contributed by atoms with van der Waals surface area (Å²) in [4.78, 5) is 162. The lowest BCUT2D eigenvalue weighted by atomic mass is 10.0. The fourth-order valence-corrected chi connectivity index (χ4v) is 9.32. The molecule has 1 fully saturated rings. The van der Waals surface area contributed by atoms with Crippen LogP contribution >= 0.6 is 25.3 Å². The number of hydrogen-bond acceptors (Lipinski definition) is 18. The Morgan fingerprint density at radius 1 is 0.539 bits per heavy atom. The molecular weight excluding hydrogens is 1200 g/mol. The minimum atomic E-state index is -1.46. The molecule has 490 valence electrons. The van der Waals surface area contributed by atoms with E-state index >= 15 is 0 Å². The third-order valence-electron chi connectivity index (χ3n) is 13.5. The second-order valence-corrected chi connectivity index (χ2v) is 21.4. The normalized spacial score (nSPS) is 15.2. The number of nitrogens with zero attached hydrogens (tertiary/aromatic N) is 4. The Morgan fingerprint density at radius 2 is 1.01 bits per heavy atom. The van der Waals surface area contributed by atoms with Crippen molar-refractivity contribution in [3.63, 3.8) is 0 Å². The quantitative estimate of drug-likeness (QED) is 0.0129. The number of amides is 11. The first kappa shape index (κ1) is 74.1. The number of carbonyl (C=O) groups excluding carboxylic acids is 11. The van der Waals surface area contributed by atoms with Gasteiger partial charge < -0.3 is 104 Å². The molecule has 0 spiro atoms. The van der Waals surface area contributed by atoms with Crippen LogP contribution in [0.5, 0.6) is 5.75 Å². The molecule has 0 saturated carbocycles. The van der Waals surface area contributed by atoms with Crippen LogP contribution in [0.2, 0.25) is 0 Å². The number of carbonyl (C=O) groups is 11. The van der Waals surface area contributed by atoms with Gasteiger partial charge in [0.15, 0.2) is 17.9 Å². The Morgan fingerprint density at radius 3 is 1.54 bits per heavy atom. The minimum absolute atomic E-state index is 0.00279. The van der Waals surface area contributed by atoms with Crippen molar-refractivity contribution < 1.29 is 57.8 Å². The van der Waals surface area contributed by atoms with E-state index in [0.29, 0.717) is 17.5 Å². The molecule has 11 amide bonds. The van der Waals surface area contributed by atoms with E-state index in [0.717, 1.165) is 0 Å². The maximum absolute atomic E-state index is 14.4. The number of likely N-dealkylation sites (tertiary alicyclic amines) is 1. The molecule has 1 aliphatic rings. The number of primary amides is 1. The largest absolute Gasteiger partial charge is 0.508 e. The van der Waals surface area contributed by atoms with E-state index in [-0.39, 0.29) is 119 Å². The molecule has 3 rings (SSSR count). The predicted molar refractivity (Wildman–Crippen MR) is 337 cm³/mol. The molecule has 0 bridgehead atoms. The van der Waals surface area contributed by atoms with Gasteiger partial charge in [0.2, 0.25) is 65.0 Å². The Kier molecular flexibility index (Phi) is 32.4. The first-order chi connectivity index (χ1) is 42.2. The van der Waals surface area contributed by atoms with E-state index in [2.05, 4.69) is 88.1 Å². The standard InChI is InChI=1S/C54H85N21O12S2/c1-29(44(80)72-36(13-7-21-65-54(61)62)51(87)75-22-8-14-40(75)50(86)73-38(27-88)43(56)79)68-46(82)34(11-5-19-63-52(57)58)70-47(83)35(12-6-20-64-53(59)60)71-49(85)39(28-89)74-48(84)37(24-30-9-3-2-4-10-30)69-42(78)26-66-41(77)25-67-45(81)33(55)23-31-15-17-32(76)18-16-31/h2-4,9-10,15-18,29,33-40,76,88-89H,5-8,11-14,19-28,55H2,1H3,(H2,56,79)(H,66,77)(H,67,81)(H,68,82)(H,69,78)(H,70,83)(H,71,85)(H,72,80)(H,73,86)(H,74,84)(H4,57,58,63)(H4,59,60,64)(H4,61,62,65)/t29-,33+,34+,35+,36+,37+,38+,39+,40+/m1/s1. The van der Waals surface area contributed by atoms with Crippen molar-refractivity contribution in [3.05, 3.63) is 65.7 Å². The summed E-state index contributed by atoms with van der Waals surface area (Å²) in [5, 5.41) is 32.3. The van der Waals surface area contributed by atoms with Crippen molar-refractivity contribution in [2.45, 2.75) is 126 Å². The van der Waals surface area contributed by atoms with Crippen LogP contribution in [0.15, 0.2) is 69.6 Å². The van der Waals surface area contributed by atoms with Gasteiger partial charge in [0.1, 0.15) is 54.1 Å². The summed E-state index contributed by atoms with van der Waals surface area (Å²) >= 11 is 8.38. The van der Waals surface area contributed by atoms with Crippen LogP contribution in [0.1, 0.15) is 69.4 Å². The number of hydrogen-bond donors (Lipinski definition) is 20. The summed E-state index contributed by atoms with van der Waals surface area (Å²) < 4.78 is 0. The van der Waals surface area contributed by atoms with Gasteiger partial charge in [-0.15, -0.1) is 0 Å². The molecule has 26 N–H and O–H groups in total. The number of nitrogens with two attached hydrogens (primary N) is 8. The Balaban J connectivity index is 1.80. The van der Waals surface area contributed by atoms with Crippen molar-refractivity contribution in [1.29, 1.82) is 0 Å². The van der Waals surface area contributed by atoms with Crippen molar-refractivity contribution in [1.82, 2.24) is 52.8 Å². The summed E-state index contributed by atoms with van der Waals surface area (Å²) in [6, 6.07) is 3.03. The highest BCUT2D eigenvalue weighted by Gasteiger charge is 2.39. The van der Waals surface area contributed by atoms with Crippen molar-refractivity contribution in [2.24, 2.45) is 60.8 Å². The number of thiol groups is 2. The number of phenolic OH excluding ortho intramolecular Hbond substituents is 1. The molecule has 0 unspecified atom stereocenters. The average molecular weight is 1280 g/mol.